The van der Waals surface area contributed by atoms with E-state index in [1.165, 1.54) is 0 Å². The van der Waals surface area contributed by atoms with Crippen molar-refractivity contribution in [3.63, 3.8) is 0 Å². The first-order chi connectivity index (χ1) is 19.1. The number of anilines is 1. The topological polar surface area (TPSA) is 107 Å². The van der Waals surface area contributed by atoms with Crippen LogP contribution in [0, 0.1) is 0 Å². The fourth-order valence-corrected chi connectivity index (χ4v) is 4.84. The molecule has 9 nitrogen and oxygen atoms in total. The highest BCUT2D eigenvalue weighted by molar-refractivity contribution is 5.99. The second-order valence-corrected chi connectivity index (χ2v) is 11.2. The molecule has 1 fully saturated rings. The van der Waals surface area contributed by atoms with Gasteiger partial charge in [-0.2, -0.15) is 0 Å². The van der Waals surface area contributed by atoms with Gasteiger partial charge in [-0.05, 0) is 50.6 Å². The Hall–Kier alpha value is -4.40. The van der Waals surface area contributed by atoms with Gasteiger partial charge < -0.3 is 19.1 Å². The van der Waals surface area contributed by atoms with Crippen molar-refractivity contribution >= 4 is 23.7 Å². The zero-order chi connectivity index (χ0) is 28.3. The molecule has 1 saturated heterocycles. The molecule has 0 bridgehead atoms. The van der Waals surface area contributed by atoms with Crippen LogP contribution in [0.4, 0.5) is 15.3 Å². The fourth-order valence-electron chi connectivity index (χ4n) is 4.84. The van der Waals surface area contributed by atoms with Crippen molar-refractivity contribution < 1.29 is 28.6 Å². The summed E-state index contributed by atoms with van der Waals surface area (Å²) in [6.07, 6.45) is 0.411. The summed E-state index contributed by atoms with van der Waals surface area (Å²) in [4.78, 5) is 44.0. The van der Waals surface area contributed by atoms with E-state index in [2.05, 4.69) is 10.3 Å². The van der Waals surface area contributed by atoms with Gasteiger partial charge in [0.1, 0.15) is 29.3 Å². The Kier molecular flexibility index (Phi) is 7.47. The van der Waals surface area contributed by atoms with Gasteiger partial charge in [0.05, 0.1) is 12.1 Å². The van der Waals surface area contributed by atoms with Crippen molar-refractivity contribution in [2.45, 2.75) is 57.8 Å². The van der Waals surface area contributed by atoms with Gasteiger partial charge in [0.15, 0.2) is 5.78 Å². The number of nitrogens with zero attached hydrogens (tertiary/aromatic N) is 2. The number of rotatable bonds is 4. The van der Waals surface area contributed by atoms with Gasteiger partial charge in [0.2, 0.25) is 0 Å². The zero-order valence-electron chi connectivity index (χ0n) is 22.9. The molecule has 3 aromatic rings. The smallest absolute Gasteiger partial charge is 0.411 e. The summed E-state index contributed by atoms with van der Waals surface area (Å²) in [7, 11) is 0. The lowest BCUT2D eigenvalue weighted by atomic mass is 9.83. The molecule has 0 radical (unpaired) electrons. The number of likely N-dealkylation sites (tertiary alicyclic amines) is 1. The molecule has 1 aromatic heterocycles. The van der Waals surface area contributed by atoms with E-state index in [0.717, 1.165) is 11.1 Å². The standard InChI is InChI=1S/C31H33N3O6/c1-30(2,3)40-29(37)34-17-15-31(16-18-34)19-25(35)27-26(39-31)14-13-24(33-27)22-9-11-23(12-10-22)32-28(36)38-20-21-7-5-4-6-8-21/h4-14H,15-20H2,1-3H3,(H,32,36). The summed E-state index contributed by atoms with van der Waals surface area (Å²) < 4.78 is 17.1. The maximum absolute atomic E-state index is 13.2. The Morgan fingerprint density at radius 3 is 2.38 bits per heavy atom. The van der Waals surface area contributed by atoms with Crippen LogP contribution in [0.1, 0.15) is 56.1 Å². The maximum Gasteiger partial charge on any atom is 0.411 e. The number of aromatic nitrogens is 1. The van der Waals surface area contributed by atoms with Gasteiger partial charge >= 0.3 is 12.2 Å². The van der Waals surface area contributed by atoms with Crippen LogP contribution in [0.25, 0.3) is 11.3 Å². The third-order valence-electron chi connectivity index (χ3n) is 6.90. The van der Waals surface area contributed by atoms with Crippen molar-refractivity contribution in [3.05, 3.63) is 78.0 Å². The van der Waals surface area contributed by atoms with E-state index in [-0.39, 0.29) is 24.9 Å². The van der Waals surface area contributed by atoms with Gasteiger partial charge in [-0.15, -0.1) is 0 Å². The third kappa shape index (κ3) is 6.42. The summed E-state index contributed by atoms with van der Waals surface area (Å²) in [5, 5.41) is 2.71. The highest BCUT2D eigenvalue weighted by Gasteiger charge is 2.44. The minimum Gasteiger partial charge on any atom is -0.484 e. The number of hydrogen-bond donors (Lipinski definition) is 1. The molecule has 9 heteroatoms. The Morgan fingerprint density at radius 2 is 1.70 bits per heavy atom. The average molecular weight is 544 g/mol. The van der Waals surface area contributed by atoms with Crippen molar-refractivity contribution in [3.8, 4) is 17.0 Å². The Labute approximate surface area is 233 Å². The summed E-state index contributed by atoms with van der Waals surface area (Å²) in [5.41, 5.74) is 2.02. The molecule has 0 aliphatic carbocycles. The number of carbonyl (C=O) groups excluding carboxylic acids is 3. The second kappa shape index (κ2) is 11.0. The number of fused-ring (bicyclic) bond motifs is 1. The quantitative estimate of drug-likeness (QED) is 0.416. The lowest BCUT2D eigenvalue weighted by Crippen LogP contribution is -2.53. The van der Waals surface area contributed by atoms with Crippen molar-refractivity contribution in [1.29, 1.82) is 0 Å². The van der Waals surface area contributed by atoms with Crippen LogP contribution in [0.5, 0.6) is 5.75 Å². The van der Waals surface area contributed by atoms with Gasteiger partial charge in [0.25, 0.3) is 0 Å². The Bertz CT molecular complexity index is 1390. The van der Waals surface area contributed by atoms with Crippen LogP contribution in [0.2, 0.25) is 0 Å². The molecule has 2 amide bonds. The first-order valence-electron chi connectivity index (χ1n) is 13.4. The van der Waals surface area contributed by atoms with Crippen LogP contribution in [-0.2, 0) is 16.1 Å². The number of ether oxygens (including phenoxy) is 3. The molecule has 2 aliphatic heterocycles. The predicted molar refractivity (Wildman–Crippen MR) is 149 cm³/mol. The molecular weight excluding hydrogens is 510 g/mol. The molecule has 3 heterocycles. The number of pyridine rings is 1. The van der Waals surface area contributed by atoms with Crippen LogP contribution in [0.3, 0.4) is 0 Å². The molecule has 0 saturated carbocycles. The van der Waals surface area contributed by atoms with E-state index in [1.807, 2.05) is 69.3 Å². The monoisotopic (exact) mass is 543 g/mol. The molecule has 0 atom stereocenters. The van der Waals surface area contributed by atoms with Crippen molar-refractivity contribution in [1.82, 2.24) is 9.88 Å². The molecule has 40 heavy (non-hydrogen) atoms. The summed E-state index contributed by atoms with van der Waals surface area (Å²) in [6.45, 7) is 6.63. The van der Waals surface area contributed by atoms with Crippen LogP contribution in [0.15, 0.2) is 66.7 Å². The number of nitrogens with one attached hydrogen (secondary N) is 1. The molecular formula is C31H33N3O6. The number of piperidine rings is 1. The summed E-state index contributed by atoms with van der Waals surface area (Å²) in [5.74, 6) is 0.387. The third-order valence-corrected chi connectivity index (χ3v) is 6.90. The van der Waals surface area contributed by atoms with E-state index in [1.54, 1.807) is 23.1 Å². The predicted octanol–water partition coefficient (Wildman–Crippen LogP) is 6.23. The largest absolute Gasteiger partial charge is 0.484 e. The zero-order valence-corrected chi connectivity index (χ0v) is 22.9. The molecule has 1 N–H and O–H groups in total. The van der Waals surface area contributed by atoms with Crippen LogP contribution < -0.4 is 10.1 Å². The van der Waals surface area contributed by atoms with Gasteiger partial charge in [-0.25, -0.2) is 14.6 Å². The minimum atomic E-state index is -0.645. The molecule has 0 unspecified atom stereocenters. The maximum atomic E-state index is 13.2. The number of Topliss-reactive ketones (excluding diaryl/α,β-unsaturated/α-hetero) is 1. The van der Waals surface area contributed by atoms with E-state index < -0.39 is 17.3 Å². The van der Waals surface area contributed by atoms with E-state index in [0.29, 0.717) is 48.8 Å². The molecule has 1 spiro atoms. The minimum absolute atomic E-state index is 0.0757. The Morgan fingerprint density at radius 1 is 1.00 bits per heavy atom. The van der Waals surface area contributed by atoms with Crippen molar-refractivity contribution in [2.75, 3.05) is 18.4 Å². The van der Waals surface area contributed by atoms with Gasteiger partial charge in [0, 0.05) is 37.2 Å². The SMILES string of the molecule is CC(C)(C)OC(=O)N1CCC2(CC1)CC(=O)c1nc(-c3ccc(NC(=O)OCc4ccccc4)cc3)ccc1O2. The second-order valence-electron chi connectivity index (χ2n) is 11.2. The first kappa shape index (κ1) is 27.2. The number of ketones is 1. The molecule has 208 valence electrons. The molecule has 5 rings (SSSR count). The normalized spacial score (nSPS) is 16.1. The van der Waals surface area contributed by atoms with E-state index >= 15 is 0 Å². The van der Waals surface area contributed by atoms with Crippen LogP contribution in [-0.4, -0.2) is 52.1 Å². The lowest BCUT2D eigenvalue weighted by molar-refractivity contribution is -0.0230. The average Bonchev–Trinajstić information content (AvgIpc) is 2.92. The van der Waals surface area contributed by atoms with Gasteiger partial charge in [-0.3, -0.25) is 10.1 Å². The highest BCUT2D eigenvalue weighted by Crippen LogP contribution is 2.39. The number of benzene rings is 2. The van der Waals surface area contributed by atoms with Crippen molar-refractivity contribution in [2.24, 2.45) is 0 Å². The Balaban J connectivity index is 1.20. The summed E-state index contributed by atoms with van der Waals surface area (Å²) in [6, 6.07) is 20.2. The molecule has 2 aromatic carbocycles. The summed E-state index contributed by atoms with van der Waals surface area (Å²) >= 11 is 0. The highest BCUT2D eigenvalue weighted by atomic mass is 16.6. The lowest BCUT2D eigenvalue weighted by Gasteiger charge is -2.43. The number of carbonyl (C=O) groups is 3. The van der Waals surface area contributed by atoms with Crippen LogP contribution >= 0.6 is 0 Å². The number of hydrogen-bond acceptors (Lipinski definition) is 7. The van der Waals surface area contributed by atoms with E-state index in [9.17, 15) is 14.4 Å². The molecule has 2 aliphatic rings. The first-order valence-corrected chi connectivity index (χ1v) is 13.4. The number of amides is 2. The van der Waals surface area contributed by atoms with E-state index in [4.69, 9.17) is 14.2 Å². The van der Waals surface area contributed by atoms with Gasteiger partial charge in [-0.1, -0.05) is 42.5 Å². The fraction of sp³-hybridized carbons (Fsp3) is 0.355.